The number of amides is 4. The van der Waals surface area contributed by atoms with Crippen molar-refractivity contribution in [2.75, 3.05) is 33.9 Å². The van der Waals surface area contributed by atoms with E-state index in [1.165, 1.54) is 26.4 Å². The molecular formula is C19H27F2N3O5. The molecule has 0 bridgehead atoms. The fraction of sp³-hybridized carbons (Fsp3) is 0.421. The number of hydrogen-bond donors (Lipinski definition) is 2. The Labute approximate surface area is 168 Å². The molecule has 0 radical (unpaired) electrons. The normalized spacial score (nSPS) is 12.7. The van der Waals surface area contributed by atoms with Crippen LogP contribution < -0.4 is 10.6 Å². The van der Waals surface area contributed by atoms with Gasteiger partial charge in [-0.3, -0.25) is 0 Å². The standard InChI is InChI=1S/C11H17N3O5.C6H4F2.C2H6/c1-4-12-10(16)14-5-7(9(15)19-3)8(6-18-2)13-11(14)17;7-5-3-1-2-4-6(5)8;1-2/h4-6H2,1-3H3,(H,12,16)(H,13,17);1-4H;1-2H3. The van der Waals surface area contributed by atoms with E-state index in [1.807, 2.05) is 13.8 Å². The number of halogens is 2. The van der Waals surface area contributed by atoms with Crippen molar-refractivity contribution < 1.29 is 32.6 Å². The van der Waals surface area contributed by atoms with E-state index in [-0.39, 0.29) is 18.7 Å². The quantitative estimate of drug-likeness (QED) is 0.737. The molecule has 0 aliphatic carbocycles. The number of nitrogens with zero attached hydrogens (tertiary/aromatic N) is 1. The fourth-order valence-electron chi connectivity index (χ4n) is 2.03. The van der Waals surface area contributed by atoms with Crippen LogP contribution in [0.3, 0.4) is 0 Å². The van der Waals surface area contributed by atoms with Crippen LogP contribution in [0.2, 0.25) is 0 Å². The van der Waals surface area contributed by atoms with E-state index in [1.54, 1.807) is 6.92 Å². The van der Waals surface area contributed by atoms with Crippen LogP contribution >= 0.6 is 0 Å². The zero-order valence-corrected chi connectivity index (χ0v) is 17.2. The van der Waals surface area contributed by atoms with E-state index >= 15 is 0 Å². The summed E-state index contributed by atoms with van der Waals surface area (Å²) in [5.41, 5.74) is 0.495. The predicted octanol–water partition coefficient (Wildman–Crippen LogP) is 2.81. The summed E-state index contributed by atoms with van der Waals surface area (Å²) in [6, 6.07) is 3.87. The highest BCUT2D eigenvalue weighted by Gasteiger charge is 2.32. The van der Waals surface area contributed by atoms with E-state index < -0.39 is 29.7 Å². The molecule has 0 aromatic heterocycles. The number of esters is 1. The summed E-state index contributed by atoms with van der Waals surface area (Å²) in [6.07, 6.45) is 0. The molecule has 0 unspecified atom stereocenters. The van der Waals surface area contributed by atoms with Gasteiger partial charge in [-0.05, 0) is 19.1 Å². The van der Waals surface area contributed by atoms with E-state index in [9.17, 15) is 23.2 Å². The average Bonchev–Trinajstić information content (AvgIpc) is 2.72. The van der Waals surface area contributed by atoms with Gasteiger partial charge in [-0.1, -0.05) is 26.0 Å². The molecule has 0 saturated carbocycles. The second kappa shape index (κ2) is 14.1. The first kappa shape index (κ1) is 26.0. The lowest BCUT2D eigenvalue weighted by atomic mass is 10.1. The number of nitrogens with one attached hydrogen (secondary N) is 2. The SMILES string of the molecule is CC.CCNC(=O)N1CC(C(=O)OC)=C(COC)NC1=O.Fc1ccccc1F. The number of ether oxygens (including phenoxy) is 2. The Morgan fingerprint density at radius 1 is 1.17 bits per heavy atom. The average molecular weight is 415 g/mol. The lowest BCUT2D eigenvalue weighted by molar-refractivity contribution is -0.136. The molecule has 0 saturated heterocycles. The predicted molar refractivity (Wildman–Crippen MR) is 103 cm³/mol. The van der Waals surface area contributed by atoms with Gasteiger partial charge in [0.2, 0.25) is 0 Å². The molecule has 2 rings (SSSR count). The molecule has 1 aromatic carbocycles. The Morgan fingerprint density at radius 2 is 1.72 bits per heavy atom. The minimum Gasteiger partial charge on any atom is -0.466 e. The fourth-order valence-corrected chi connectivity index (χ4v) is 2.03. The molecule has 0 spiro atoms. The highest BCUT2D eigenvalue weighted by atomic mass is 19.2. The molecular weight excluding hydrogens is 388 g/mol. The van der Waals surface area contributed by atoms with Gasteiger partial charge in [-0.2, -0.15) is 0 Å². The number of rotatable bonds is 4. The van der Waals surface area contributed by atoms with Gasteiger partial charge >= 0.3 is 18.0 Å². The van der Waals surface area contributed by atoms with Crippen molar-refractivity contribution in [3.63, 3.8) is 0 Å². The summed E-state index contributed by atoms with van der Waals surface area (Å²) in [4.78, 5) is 36.0. The van der Waals surface area contributed by atoms with E-state index in [0.717, 1.165) is 17.0 Å². The van der Waals surface area contributed by atoms with Crippen LogP contribution in [0.1, 0.15) is 20.8 Å². The van der Waals surface area contributed by atoms with Crippen molar-refractivity contribution in [3.05, 3.63) is 47.2 Å². The van der Waals surface area contributed by atoms with Crippen LogP contribution in [0.15, 0.2) is 35.5 Å². The molecule has 10 heteroatoms. The van der Waals surface area contributed by atoms with E-state index in [2.05, 4.69) is 15.4 Å². The number of methoxy groups -OCH3 is 2. The number of hydrogen-bond acceptors (Lipinski definition) is 5. The van der Waals surface area contributed by atoms with E-state index in [0.29, 0.717) is 12.2 Å². The monoisotopic (exact) mass is 415 g/mol. The molecule has 0 atom stereocenters. The Morgan fingerprint density at radius 3 is 2.14 bits per heavy atom. The Hall–Kier alpha value is -3.01. The molecule has 29 heavy (non-hydrogen) atoms. The first-order chi connectivity index (χ1) is 13.8. The summed E-state index contributed by atoms with van der Waals surface area (Å²) >= 11 is 0. The van der Waals surface area contributed by atoms with Crippen molar-refractivity contribution >= 4 is 18.0 Å². The largest absolute Gasteiger partial charge is 0.466 e. The summed E-state index contributed by atoms with van der Waals surface area (Å²) in [5, 5.41) is 4.94. The maximum Gasteiger partial charge on any atom is 0.337 e. The number of benzene rings is 1. The van der Waals surface area contributed by atoms with Crippen LogP contribution in [0.5, 0.6) is 0 Å². The van der Waals surface area contributed by atoms with E-state index in [4.69, 9.17) is 4.74 Å². The number of imide groups is 1. The zero-order valence-electron chi connectivity index (χ0n) is 17.2. The second-order valence-electron chi connectivity index (χ2n) is 5.15. The minimum atomic E-state index is -0.799. The van der Waals surface area contributed by atoms with Gasteiger partial charge in [0, 0.05) is 13.7 Å². The Kier molecular flexibility index (Phi) is 12.6. The lowest BCUT2D eigenvalue weighted by Crippen LogP contribution is -2.53. The van der Waals surface area contributed by atoms with Crippen molar-refractivity contribution in [2.45, 2.75) is 20.8 Å². The minimum absolute atomic E-state index is 0.0550. The number of urea groups is 2. The number of carbonyl (C=O) groups excluding carboxylic acids is 3. The third kappa shape index (κ3) is 8.26. The van der Waals surface area contributed by atoms with Gasteiger partial charge in [-0.15, -0.1) is 0 Å². The summed E-state index contributed by atoms with van der Waals surface area (Å²) < 4.78 is 33.4. The summed E-state index contributed by atoms with van der Waals surface area (Å²) in [5.74, 6) is -2.21. The number of carbonyl (C=O) groups is 3. The molecule has 2 N–H and O–H groups in total. The van der Waals surface area contributed by atoms with Crippen LogP contribution in [-0.2, 0) is 14.3 Å². The third-order valence-electron chi connectivity index (χ3n) is 3.30. The highest BCUT2D eigenvalue weighted by molar-refractivity contribution is 6.00. The van der Waals surface area contributed by atoms with Crippen molar-refractivity contribution in [3.8, 4) is 0 Å². The molecule has 4 amide bonds. The van der Waals surface area contributed by atoms with Crippen molar-refractivity contribution in [2.24, 2.45) is 0 Å². The zero-order chi connectivity index (χ0) is 22.4. The van der Waals surface area contributed by atoms with Gasteiger partial charge in [0.05, 0.1) is 31.5 Å². The molecule has 1 aliphatic heterocycles. The van der Waals surface area contributed by atoms with Gasteiger partial charge in [0.15, 0.2) is 11.6 Å². The maximum atomic E-state index is 11.9. The third-order valence-corrected chi connectivity index (χ3v) is 3.30. The van der Waals surface area contributed by atoms with Crippen LogP contribution in [-0.4, -0.2) is 56.8 Å². The van der Waals surface area contributed by atoms with Gasteiger partial charge in [0.1, 0.15) is 0 Å². The summed E-state index contributed by atoms with van der Waals surface area (Å²) in [6.45, 7) is 6.01. The Balaban J connectivity index is 0.000000649. The molecule has 1 aliphatic rings. The first-order valence-corrected chi connectivity index (χ1v) is 8.91. The summed E-state index contributed by atoms with van der Waals surface area (Å²) in [7, 11) is 2.66. The van der Waals surface area contributed by atoms with Gasteiger partial charge < -0.3 is 20.1 Å². The van der Waals surface area contributed by atoms with Crippen LogP contribution in [0, 0.1) is 11.6 Å². The van der Waals surface area contributed by atoms with Crippen LogP contribution in [0.4, 0.5) is 18.4 Å². The molecule has 8 nitrogen and oxygen atoms in total. The smallest absolute Gasteiger partial charge is 0.337 e. The molecule has 1 heterocycles. The maximum absolute atomic E-state index is 11.9. The molecule has 1 aromatic rings. The molecule has 0 fully saturated rings. The first-order valence-electron chi connectivity index (χ1n) is 8.91. The van der Waals surface area contributed by atoms with Crippen LogP contribution in [0.25, 0.3) is 0 Å². The van der Waals surface area contributed by atoms with Crippen molar-refractivity contribution in [1.82, 2.24) is 15.5 Å². The lowest BCUT2D eigenvalue weighted by Gasteiger charge is -2.28. The Bertz CT molecular complexity index is 705. The van der Waals surface area contributed by atoms with Gasteiger partial charge in [-0.25, -0.2) is 28.1 Å². The molecule has 162 valence electrons. The van der Waals surface area contributed by atoms with Crippen molar-refractivity contribution in [1.29, 1.82) is 0 Å². The second-order valence-corrected chi connectivity index (χ2v) is 5.15. The highest BCUT2D eigenvalue weighted by Crippen LogP contribution is 2.14. The topological polar surface area (TPSA) is 97.0 Å². The van der Waals surface area contributed by atoms with Gasteiger partial charge in [0.25, 0.3) is 0 Å².